The number of rotatable bonds is 6. The van der Waals surface area contributed by atoms with Crippen molar-refractivity contribution in [2.45, 2.75) is 31.6 Å². The highest BCUT2D eigenvalue weighted by molar-refractivity contribution is 6.00. The van der Waals surface area contributed by atoms with Crippen molar-refractivity contribution in [2.24, 2.45) is 11.7 Å². The van der Waals surface area contributed by atoms with Gasteiger partial charge in [0.25, 0.3) is 0 Å². The Kier molecular flexibility index (Phi) is 8.71. The lowest BCUT2D eigenvalue weighted by atomic mass is 9.90. The Bertz CT molecular complexity index is 598. The fourth-order valence-electron chi connectivity index (χ4n) is 3.73. The van der Waals surface area contributed by atoms with Gasteiger partial charge in [-0.2, -0.15) is 0 Å². The number of imide groups is 1. The van der Waals surface area contributed by atoms with Gasteiger partial charge in [0.2, 0.25) is 11.8 Å². The smallest absolute Gasteiger partial charge is 0.234 e. The summed E-state index contributed by atoms with van der Waals surface area (Å²) in [6, 6.07) is 8.27. The number of benzene rings is 1. The molecule has 1 atom stereocenters. The molecule has 0 radical (unpaired) electrons. The van der Waals surface area contributed by atoms with Gasteiger partial charge in [0.05, 0.1) is 5.92 Å². The van der Waals surface area contributed by atoms with Crippen molar-refractivity contribution in [3.8, 4) is 0 Å². The molecule has 0 aromatic heterocycles. The van der Waals surface area contributed by atoms with E-state index in [1.54, 1.807) is 0 Å². The highest BCUT2D eigenvalue weighted by atomic mass is 16.2. The van der Waals surface area contributed by atoms with E-state index in [2.05, 4.69) is 27.7 Å². The van der Waals surface area contributed by atoms with Gasteiger partial charge in [-0.25, -0.2) is 0 Å². The summed E-state index contributed by atoms with van der Waals surface area (Å²) in [7, 11) is 1.00. The fraction of sp³-hybridized carbons (Fsp3) is 0.600. The minimum Gasteiger partial charge on any atom is -0.400 e. The first-order valence-corrected chi connectivity index (χ1v) is 9.71. The highest BCUT2D eigenvalue weighted by Gasteiger charge is 2.28. The highest BCUT2D eigenvalue weighted by Crippen LogP contribution is 2.28. The number of amides is 2. The molecule has 2 aliphatic rings. The van der Waals surface area contributed by atoms with Crippen LogP contribution >= 0.6 is 0 Å². The Hall–Kier alpha value is -1.96. The molecule has 1 aromatic rings. The van der Waals surface area contributed by atoms with E-state index in [0.29, 0.717) is 19.4 Å². The molecule has 0 aliphatic carbocycles. The maximum Gasteiger partial charge on any atom is 0.234 e. The normalized spacial score (nSPS) is 20.7. The van der Waals surface area contributed by atoms with Gasteiger partial charge in [0.1, 0.15) is 0 Å². The third-order valence-corrected chi connectivity index (χ3v) is 5.27. The summed E-state index contributed by atoms with van der Waals surface area (Å²) in [6.07, 6.45) is 3.40. The predicted octanol–water partition coefficient (Wildman–Crippen LogP) is 0.580. The molecule has 1 aromatic carbocycles. The van der Waals surface area contributed by atoms with Gasteiger partial charge in [0.15, 0.2) is 0 Å². The second-order valence-electron chi connectivity index (χ2n) is 7.02. The van der Waals surface area contributed by atoms with Crippen LogP contribution in [0.5, 0.6) is 0 Å². The van der Waals surface area contributed by atoms with Crippen LogP contribution in [-0.2, 0) is 9.59 Å². The van der Waals surface area contributed by atoms with E-state index in [0.717, 1.165) is 44.8 Å². The third kappa shape index (κ3) is 6.02. The molecule has 2 saturated heterocycles. The van der Waals surface area contributed by atoms with Gasteiger partial charge in [-0.3, -0.25) is 14.9 Å². The van der Waals surface area contributed by atoms with Crippen molar-refractivity contribution in [1.82, 2.24) is 10.6 Å². The molecule has 0 saturated carbocycles. The van der Waals surface area contributed by atoms with Crippen LogP contribution in [0.1, 0.15) is 37.2 Å². The van der Waals surface area contributed by atoms with E-state index < -0.39 is 0 Å². The van der Waals surface area contributed by atoms with E-state index in [1.807, 2.05) is 12.1 Å². The Balaban J connectivity index is 0.00000126. The van der Waals surface area contributed by atoms with Crippen LogP contribution in [0.25, 0.3) is 0 Å². The van der Waals surface area contributed by atoms with Crippen LogP contribution in [0, 0.1) is 5.92 Å². The first-order valence-electron chi connectivity index (χ1n) is 9.71. The number of hydrogen-bond donors (Lipinski definition) is 4. The molecule has 2 fully saturated rings. The number of hydrogen-bond acceptors (Lipinski definition) is 6. The minimum atomic E-state index is -0.203. The van der Waals surface area contributed by atoms with Crippen molar-refractivity contribution < 1.29 is 14.7 Å². The number of nitrogens with two attached hydrogens (primary N) is 1. The minimum absolute atomic E-state index is 0.165. The van der Waals surface area contributed by atoms with E-state index in [-0.39, 0.29) is 17.7 Å². The zero-order valence-corrected chi connectivity index (χ0v) is 16.1. The van der Waals surface area contributed by atoms with Gasteiger partial charge in [0, 0.05) is 45.4 Å². The summed E-state index contributed by atoms with van der Waals surface area (Å²) in [5.41, 5.74) is 7.72. The molecule has 7 heteroatoms. The molecule has 7 nitrogen and oxygen atoms in total. The van der Waals surface area contributed by atoms with Crippen LogP contribution in [0.4, 0.5) is 5.69 Å². The molecule has 150 valence electrons. The van der Waals surface area contributed by atoms with Crippen LogP contribution in [0.2, 0.25) is 0 Å². The largest absolute Gasteiger partial charge is 0.400 e. The van der Waals surface area contributed by atoms with E-state index in [9.17, 15) is 9.59 Å². The second-order valence-corrected chi connectivity index (χ2v) is 7.02. The molecule has 2 aliphatic heterocycles. The molecular weight excluding hydrogens is 344 g/mol. The molecule has 1 unspecified atom stereocenters. The summed E-state index contributed by atoms with van der Waals surface area (Å²) in [6.45, 7) is 4.76. The molecule has 3 rings (SSSR count). The number of carbonyl (C=O) groups excluding carboxylic acids is 2. The first kappa shape index (κ1) is 21.3. The number of aliphatic hydroxyl groups is 1. The van der Waals surface area contributed by atoms with Gasteiger partial charge in [-0.15, -0.1) is 0 Å². The van der Waals surface area contributed by atoms with Crippen molar-refractivity contribution in [3.63, 3.8) is 0 Å². The van der Waals surface area contributed by atoms with Crippen molar-refractivity contribution in [1.29, 1.82) is 0 Å². The quantitative estimate of drug-likeness (QED) is 0.427. The van der Waals surface area contributed by atoms with Gasteiger partial charge in [-0.05, 0) is 49.4 Å². The Morgan fingerprint density at radius 2 is 1.81 bits per heavy atom. The molecular formula is C20H32N4O3. The SMILES string of the molecule is CO.NCCNCC1CCN(c2ccc(C3CCC(=O)NC3=O)cc2)CC1. The monoisotopic (exact) mass is 376 g/mol. The number of nitrogens with zero attached hydrogens (tertiary/aromatic N) is 1. The van der Waals surface area contributed by atoms with Crippen LogP contribution in [0.3, 0.4) is 0 Å². The lowest BCUT2D eigenvalue weighted by Crippen LogP contribution is -2.39. The Morgan fingerprint density at radius 1 is 1.15 bits per heavy atom. The van der Waals surface area contributed by atoms with Gasteiger partial charge >= 0.3 is 0 Å². The number of nitrogens with one attached hydrogen (secondary N) is 2. The molecule has 27 heavy (non-hydrogen) atoms. The standard InChI is InChI=1S/C19H28N4O2.CH4O/c20-9-10-21-13-14-7-11-23(12-8-14)16-3-1-15(2-4-16)17-5-6-18(24)22-19(17)25;1-2/h1-4,14,17,21H,5-13,20H2,(H,22,24,25);2H,1H3. The maximum atomic E-state index is 12.0. The third-order valence-electron chi connectivity index (χ3n) is 5.27. The Morgan fingerprint density at radius 3 is 2.41 bits per heavy atom. The van der Waals surface area contributed by atoms with Gasteiger partial charge < -0.3 is 21.1 Å². The zero-order valence-electron chi connectivity index (χ0n) is 16.1. The number of aliphatic hydroxyl groups excluding tert-OH is 1. The summed E-state index contributed by atoms with van der Waals surface area (Å²) in [5, 5.41) is 12.8. The average molecular weight is 377 g/mol. The van der Waals surface area contributed by atoms with Crippen molar-refractivity contribution >= 4 is 17.5 Å². The molecule has 2 heterocycles. The van der Waals surface area contributed by atoms with Gasteiger partial charge in [-0.1, -0.05) is 12.1 Å². The molecule has 0 spiro atoms. The topological polar surface area (TPSA) is 108 Å². The summed E-state index contributed by atoms with van der Waals surface area (Å²) in [4.78, 5) is 25.7. The van der Waals surface area contributed by atoms with Crippen LogP contribution < -0.4 is 21.3 Å². The average Bonchev–Trinajstić information content (AvgIpc) is 2.71. The number of piperidine rings is 2. The van der Waals surface area contributed by atoms with Crippen molar-refractivity contribution in [3.05, 3.63) is 29.8 Å². The zero-order chi connectivity index (χ0) is 19.6. The first-order chi connectivity index (χ1) is 13.2. The molecule has 5 N–H and O–H groups in total. The summed E-state index contributed by atoms with van der Waals surface area (Å²) >= 11 is 0. The number of carbonyl (C=O) groups is 2. The predicted molar refractivity (Wildman–Crippen MR) is 107 cm³/mol. The van der Waals surface area contributed by atoms with Crippen LogP contribution in [-0.4, -0.2) is 56.8 Å². The lowest BCUT2D eigenvalue weighted by Gasteiger charge is -2.34. The summed E-state index contributed by atoms with van der Waals surface area (Å²) in [5.74, 6) is 0.188. The Labute approximate surface area is 161 Å². The second kappa shape index (κ2) is 11.0. The van der Waals surface area contributed by atoms with Crippen LogP contribution in [0.15, 0.2) is 24.3 Å². The summed E-state index contributed by atoms with van der Waals surface area (Å²) < 4.78 is 0. The maximum absolute atomic E-state index is 12.0. The molecule has 2 amide bonds. The fourth-order valence-corrected chi connectivity index (χ4v) is 3.73. The van der Waals surface area contributed by atoms with E-state index >= 15 is 0 Å². The number of anilines is 1. The lowest BCUT2D eigenvalue weighted by molar-refractivity contribution is -0.134. The van der Waals surface area contributed by atoms with E-state index in [4.69, 9.17) is 10.8 Å². The molecule has 0 bridgehead atoms. The van der Waals surface area contributed by atoms with E-state index in [1.165, 1.54) is 18.5 Å². The van der Waals surface area contributed by atoms with Crippen molar-refractivity contribution in [2.75, 3.05) is 44.7 Å².